The molecule has 122 valence electrons. The van der Waals surface area contributed by atoms with E-state index in [9.17, 15) is 9.59 Å². The van der Waals surface area contributed by atoms with Crippen molar-refractivity contribution in [2.45, 2.75) is 39.5 Å². The van der Waals surface area contributed by atoms with E-state index in [1.54, 1.807) is 25.3 Å². The van der Waals surface area contributed by atoms with Gasteiger partial charge in [-0.05, 0) is 38.8 Å². The maximum Gasteiger partial charge on any atom is 0.140 e. The summed E-state index contributed by atoms with van der Waals surface area (Å²) >= 11 is 6.08. The summed E-state index contributed by atoms with van der Waals surface area (Å²) in [5, 5.41) is 0.521. The van der Waals surface area contributed by atoms with Crippen LogP contribution in [0.15, 0.2) is 18.2 Å². The van der Waals surface area contributed by atoms with Crippen LogP contribution in [-0.4, -0.2) is 25.3 Å². The van der Waals surface area contributed by atoms with E-state index < -0.39 is 5.92 Å². The van der Waals surface area contributed by atoms with Gasteiger partial charge < -0.3 is 9.47 Å². The van der Waals surface area contributed by atoms with Gasteiger partial charge in [-0.1, -0.05) is 24.4 Å². The van der Waals surface area contributed by atoms with Gasteiger partial charge >= 0.3 is 0 Å². The van der Waals surface area contributed by atoms with E-state index in [0.29, 0.717) is 29.5 Å². The molecule has 1 aromatic carbocycles. The number of ketones is 2. The molecule has 0 aromatic heterocycles. The Morgan fingerprint density at radius 2 is 1.82 bits per heavy atom. The van der Waals surface area contributed by atoms with Crippen LogP contribution < -0.4 is 9.47 Å². The fraction of sp³-hybridized carbons (Fsp3) is 0.529. The fourth-order valence-electron chi connectivity index (χ4n) is 2.23. The zero-order chi connectivity index (χ0) is 16.5. The van der Waals surface area contributed by atoms with Crippen LogP contribution in [0.5, 0.6) is 11.5 Å². The lowest BCUT2D eigenvalue weighted by atomic mass is 9.94. The average molecular weight is 327 g/mol. The predicted molar refractivity (Wildman–Crippen MR) is 86.8 cm³/mol. The molecule has 22 heavy (non-hydrogen) atoms. The molecule has 0 radical (unpaired) electrons. The summed E-state index contributed by atoms with van der Waals surface area (Å²) < 4.78 is 10.7. The van der Waals surface area contributed by atoms with Crippen molar-refractivity contribution in [3.8, 4) is 11.5 Å². The monoisotopic (exact) mass is 326 g/mol. The van der Waals surface area contributed by atoms with E-state index in [0.717, 1.165) is 19.3 Å². The summed E-state index contributed by atoms with van der Waals surface area (Å²) in [6.07, 6.45) is 3.22. The van der Waals surface area contributed by atoms with Crippen LogP contribution in [0.2, 0.25) is 5.02 Å². The number of ether oxygens (including phenoxy) is 2. The van der Waals surface area contributed by atoms with E-state index in [1.807, 2.05) is 0 Å². The van der Waals surface area contributed by atoms with Crippen LogP contribution in [0.25, 0.3) is 0 Å². The van der Waals surface area contributed by atoms with Gasteiger partial charge in [-0.2, -0.15) is 0 Å². The summed E-state index contributed by atoms with van der Waals surface area (Å²) in [7, 11) is 1.58. The number of benzene rings is 1. The van der Waals surface area contributed by atoms with Crippen LogP contribution in [0.4, 0.5) is 0 Å². The number of hydrogen-bond donors (Lipinski definition) is 0. The molecule has 0 aliphatic heterocycles. The molecule has 1 rings (SSSR count). The highest BCUT2D eigenvalue weighted by Crippen LogP contribution is 2.28. The van der Waals surface area contributed by atoms with Gasteiger partial charge in [0.2, 0.25) is 0 Å². The molecule has 0 atom stereocenters. The SMILES string of the molecule is COc1ccc(OCCCCCC(C(C)=O)C(C)=O)c(Cl)c1. The molecule has 0 aliphatic rings. The van der Waals surface area contributed by atoms with Crippen LogP contribution in [0.1, 0.15) is 39.5 Å². The first-order valence-corrected chi connectivity index (χ1v) is 7.80. The third-order valence-electron chi connectivity index (χ3n) is 3.52. The van der Waals surface area contributed by atoms with Gasteiger partial charge in [0.15, 0.2) is 0 Å². The average Bonchev–Trinajstić information content (AvgIpc) is 2.46. The van der Waals surface area contributed by atoms with Crippen molar-refractivity contribution in [1.29, 1.82) is 0 Å². The van der Waals surface area contributed by atoms with Gasteiger partial charge in [0.05, 0.1) is 24.7 Å². The Balaban J connectivity index is 2.26. The van der Waals surface area contributed by atoms with Crippen molar-refractivity contribution in [2.75, 3.05) is 13.7 Å². The number of methoxy groups -OCH3 is 1. The number of Topliss-reactive ketones (excluding diaryl/α,β-unsaturated/α-hetero) is 2. The highest BCUT2D eigenvalue weighted by atomic mass is 35.5. The third kappa shape index (κ3) is 6.06. The topological polar surface area (TPSA) is 52.6 Å². The van der Waals surface area contributed by atoms with Gasteiger partial charge in [-0.15, -0.1) is 0 Å². The Morgan fingerprint density at radius 3 is 2.36 bits per heavy atom. The summed E-state index contributed by atoms with van der Waals surface area (Å²) in [4.78, 5) is 22.6. The first-order chi connectivity index (χ1) is 10.5. The van der Waals surface area contributed by atoms with Crippen molar-refractivity contribution in [3.63, 3.8) is 0 Å². The van der Waals surface area contributed by atoms with E-state index in [4.69, 9.17) is 21.1 Å². The largest absolute Gasteiger partial charge is 0.497 e. The van der Waals surface area contributed by atoms with Crippen molar-refractivity contribution in [3.05, 3.63) is 23.2 Å². The molecule has 0 spiro atoms. The summed E-state index contributed by atoms with van der Waals surface area (Å²) in [6.45, 7) is 3.50. The van der Waals surface area contributed by atoms with Gasteiger partial charge in [0.1, 0.15) is 23.1 Å². The van der Waals surface area contributed by atoms with Crippen molar-refractivity contribution in [1.82, 2.24) is 0 Å². The lowest BCUT2D eigenvalue weighted by Crippen LogP contribution is -2.19. The number of carbonyl (C=O) groups is 2. The Labute approximate surface area is 136 Å². The highest BCUT2D eigenvalue weighted by Gasteiger charge is 2.18. The molecule has 0 N–H and O–H groups in total. The first-order valence-electron chi connectivity index (χ1n) is 7.43. The molecule has 0 saturated carbocycles. The zero-order valence-corrected chi connectivity index (χ0v) is 14.1. The maximum absolute atomic E-state index is 11.3. The van der Waals surface area contributed by atoms with Gasteiger partial charge in [-0.3, -0.25) is 9.59 Å². The lowest BCUT2D eigenvalue weighted by molar-refractivity contribution is -0.130. The zero-order valence-electron chi connectivity index (χ0n) is 13.4. The first kappa shape index (κ1) is 18.5. The summed E-state index contributed by atoms with van der Waals surface area (Å²) in [6, 6.07) is 5.29. The smallest absolute Gasteiger partial charge is 0.140 e. The second-order valence-electron chi connectivity index (χ2n) is 5.27. The second-order valence-corrected chi connectivity index (χ2v) is 5.68. The minimum atomic E-state index is -0.447. The minimum absolute atomic E-state index is 0.0474. The Kier molecular flexibility index (Phi) is 7.96. The van der Waals surface area contributed by atoms with E-state index in [1.165, 1.54) is 13.8 Å². The third-order valence-corrected chi connectivity index (χ3v) is 3.81. The quantitative estimate of drug-likeness (QED) is 0.480. The molecule has 1 aromatic rings. The normalized spacial score (nSPS) is 10.6. The molecule has 5 heteroatoms. The molecule has 0 amide bonds. The Hall–Kier alpha value is -1.55. The number of hydrogen-bond acceptors (Lipinski definition) is 4. The molecule has 0 fully saturated rings. The van der Waals surface area contributed by atoms with E-state index in [-0.39, 0.29) is 11.6 Å². The van der Waals surface area contributed by atoms with E-state index >= 15 is 0 Å². The molecular weight excluding hydrogens is 304 g/mol. The maximum atomic E-state index is 11.3. The van der Waals surface area contributed by atoms with E-state index in [2.05, 4.69) is 0 Å². The predicted octanol–water partition coefficient (Wildman–Crippen LogP) is 4.08. The van der Waals surface area contributed by atoms with Crippen LogP contribution >= 0.6 is 11.6 Å². The van der Waals surface area contributed by atoms with Crippen molar-refractivity contribution in [2.24, 2.45) is 5.92 Å². The second kappa shape index (κ2) is 9.46. The van der Waals surface area contributed by atoms with Gasteiger partial charge in [0.25, 0.3) is 0 Å². The number of carbonyl (C=O) groups excluding carboxylic acids is 2. The lowest BCUT2D eigenvalue weighted by Gasteiger charge is -2.11. The number of halogens is 1. The molecular formula is C17H23ClO4. The molecule has 0 bridgehead atoms. The molecule has 0 saturated heterocycles. The molecule has 0 aliphatic carbocycles. The summed E-state index contributed by atoms with van der Waals surface area (Å²) in [5.74, 6) is 0.782. The highest BCUT2D eigenvalue weighted by molar-refractivity contribution is 6.32. The fourth-order valence-corrected chi connectivity index (χ4v) is 2.45. The van der Waals surface area contributed by atoms with Crippen LogP contribution in [0.3, 0.4) is 0 Å². The molecule has 4 nitrogen and oxygen atoms in total. The Morgan fingerprint density at radius 1 is 1.14 bits per heavy atom. The standard InChI is InChI=1S/C17H23ClO4/c1-12(19)15(13(2)20)7-5-4-6-10-22-17-9-8-14(21-3)11-16(17)18/h8-9,11,15H,4-7,10H2,1-3H3. The van der Waals surface area contributed by atoms with Crippen molar-refractivity contribution >= 4 is 23.2 Å². The number of unbranched alkanes of at least 4 members (excludes halogenated alkanes) is 2. The summed E-state index contributed by atoms with van der Waals surface area (Å²) in [5.41, 5.74) is 0. The van der Waals surface area contributed by atoms with Crippen LogP contribution in [-0.2, 0) is 9.59 Å². The minimum Gasteiger partial charge on any atom is -0.497 e. The molecule has 0 unspecified atom stereocenters. The van der Waals surface area contributed by atoms with Crippen LogP contribution in [0, 0.1) is 5.92 Å². The Bertz CT molecular complexity index is 499. The number of rotatable bonds is 10. The molecule has 0 heterocycles. The van der Waals surface area contributed by atoms with Gasteiger partial charge in [0, 0.05) is 6.07 Å². The van der Waals surface area contributed by atoms with Crippen molar-refractivity contribution < 1.29 is 19.1 Å². The van der Waals surface area contributed by atoms with Gasteiger partial charge in [-0.25, -0.2) is 0 Å².